The predicted molar refractivity (Wildman–Crippen MR) is 93.5 cm³/mol. The van der Waals surface area contributed by atoms with Gasteiger partial charge < -0.3 is 9.47 Å². The van der Waals surface area contributed by atoms with Gasteiger partial charge in [-0.3, -0.25) is 0 Å². The third-order valence-corrected chi connectivity index (χ3v) is 5.30. The van der Waals surface area contributed by atoms with Crippen molar-refractivity contribution in [1.82, 2.24) is 0 Å². The molecule has 1 aliphatic rings. The summed E-state index contributed by atoms with van der Waals surface area (Å²) in [6, 6.07) is 16.2. The van der Waals surface area contributed by atoms with Gasteiger partial charge in [0.2, 0.25) is 5.79 Å². The molecule has 0 unspecified atom stereocenters. The molecule has 0 spiro atoms. The van der Waals surface area contributed by atoms with Gasteiger partial charge in [-0.15, -0.1) is 0 Å². The Kier molecular flexibility index (Phi) is 4.86. The minimum atomic E-state index is -0.724. The zero-order chi connectivity index (χ0) is 14.9. The highest BCUT2D eigenvalue weighted by Gasteiger charge is 2.42. The molecule has 0 aliphatic carbocycles. The van der Waals surface area contributed by atoms with Crippen molar-refractivity contribution in [1.29, 1.82) is 0 Å². The summed E-state index contributed by atoms with van der Waals surface area (Å²) in [6.07, 6.45) is -0.0562. The molecule has 1 heterocycles. The number of hydrogen-bond donors (Lipinski definition) is 0. The lowest BCUT2D eigenvalue weighted by Gasteiger charge is -2.26. The van der Waals surface area contributed by atoms with Crippen LogP contribution in [0.3, 0.4) is 0 Å². The van der Waals surface area contributed by atoms with E-state index in [4.69, 9.17) is 9.47 Å². The van der Waals surface area contributed by atoms with Crippen LogP contribution >= 0.6 is 47.8 Å². The smallest absolute Gasteiger partial charge is 0.205 e. The van der Waals surface area contributed by atoms with E-state index < -0.39 is 5.79 Å². The van der Waals surface area contributed by atoms with Crippen LogP contribution in [-0.2, 0) is 15.3 Å². The van der Waals surface area contributed by atoms with Crippen molar-refractivity contribution in [3.63, 3.8) is 0 Å². The van der Waals surface area contributed by atoms with E-state index in [1.807, 2.05) is 36.4 Å². The molecule has 1 aliphatic heterocycles. The fourth-order valence-electron chi connectivity index (χ4n) is 2.35. The Morgan fingerprint density at radius 2 is 1.52 bits per heavy atom. The van der Waals surface area contributed by atoms with E-state index in [-0.39, 0.29) is 6.10 Å². The largest absolute Gasteiger partial charge is 0.342 e. The highest BCUT2D eigenvalue weighted by atomic mass is 79.9. The maximum atomic E-state index is 6.25. The fourth-order valence-corrected chi connectivity index (χ4v) is 3.50. The SMILES string of the molecule is BrC[C@]1(c2ccc(Br)cc2)OC[C@@H](c2ccc(Br)cc2)O1. The van der Waals surface area contributed by atoms with Crippen molar-refractivity contribution >= 4 is 47.8 Å². The quantitative estimate of drug-likeness (QED) is 0.541. The summed E-state index contributed by atoms with van der Waals surface area (Å²) in [5, 5.41) is 0.592. The minimum absolute atomic E-state index is 0.0562. The second-order valence-electron chi connectivity index (χ2n) is 4.86. The molecular weight excluding hydrogens is 464 g/mol. The molecule has 0 amide bonds. The van der Waals surface area contributed by atoms with Gasteiger partial charge in [0.1, 0.15) is 6.10 Å². The van der Waals surface area contributed by atoms with Crippen LogP contribution < -0.4 is 0 Å². The van der Waals surface area contributed by atoms with Gasteiger partial charge >= 0.3 is 0 Å². The Morgan fingerprint density at radius 1 is 0.952 bits per heavy atom. The van der Waals surface area contributed by atoms with Crippen LogP contribution in [0.5, 0.6) is 0 Å². The monoisotopic (exact) mass is 474 g/mol. The van der Waals surface area contributed by atoms with Gasteiger partial charge in [-0.2, -0.15) is 0 Å². The highest BCUT2D eigenvalue weighted by molar-refractivity contribution is 9.10. The van der Waals surface area contributed by atoms with E-state index in [0.29, 0.717) is 11.9 Å². The highest BCUT2D eigenvalue weighted by Crippen LogP contribution is 2.42. The lowest BCUT2D eigenvalue weighted by Crippen LogP contribution is -2.29. The van der Waals surface area contributed by atoms with Crippen LogP contribution in [0.25, 0.3) is 0 Å². The molecule has 2 atom stereocenters. The number of hydrogen-bond acceptors (Lipinski definition) is 2. The van der Waals surface area contributed by atoms with Gasteiger partial charge in [-0.25, -0.2) is 0 Å². The van der Waals surface area contributed by atoms with Crippen molar-refractivity contribution in [3.05, 3.63) is 68.6 Å². The zero-order valence-electron chi connectivity index (χ0n) is 11.1. The summed E-state index contributed by atoms with van der Waals surface area (Å²) in [4.78, 5) is 0. The number of alkyl halides is 1. The van der Waals surface area contributed by atoms with Crippen molar-refractivity contribution in [2.45, 2.75) is 11.9 Å². The molecule has 21 heavy (non-hydrogen) atoms. The third kappa shape index (κ3) is 3.27. The molecule has 0 saturated carbocycles. The van der Waals surface area contributed by atoms with Crippen LogP contribution in [-0.4, -0.2) is 11.9 Å². The standard InChI is InChI=1S/C16H13Br3O2/c17-10-16(12-3-7-14(19)8-4-12)20-9-15(21-16)11-1-5-13(18)6-2-11/h1-8,15H,9-10H2/t15-,16-/m0/s1. The molecular formula is C16H13Br3O2. The first-order valence-corrected chi connectivity index (χ1v) is 9.23. The van der Waals surface area contributed by atoms with Crippen molar-refractivity contribution < 1.29 is 9.47 Å². The van der Waals surface area contributed by atoms with Crippen LogP contribution in [0.1, 0.15) is 17.2 Å². The average Bonchev–Trinajstić information content (AvgIpc) is 2.94. The summed E-state index contributed by atoms with van der Waals surface area (Å²) in [5.74, 6) is -0.724. The summed E-state index contributed by atoms with van der Waals surface area (Å²) in [5.41, 5.74) is 2.14. The molecule has 1 saturated heterocycles. The first kappa shape index (κ1) is 15.7. The van der Waals surface area contributed by atoms with E-state index in [9.17, 15) is 0 Å². The fraction of sp³-hybridized carbons (Fsp3) is 0.250. The minimum Gasteiger partial charge on any atom is -0.342 e. The van der Waals surface area contributed by atoms with E-state index in [2.05, 4.69) is 59.9 Å². The molecule has 1 fully saturated rings. The van der Waals surface area contributed by atoms with Crippen molar-refractivity contribution in [3.8, 4) is 0 Å². The summed E-state index contributed by atoms with van der Waals surface area (Å²) in [7, 11) is 0. The topological polar surface area (TPSA) is 18.5 Å². The van der Waals surface area contributed by atoms with Gasteiger partial charge in [-0.05, 0) is 29.8 Å². The van der Waals surface area contributed by atoms with Gasteiger partial charge in [0.25, 0.3) is 0 Å². The van der Waals surface area contributed by atoms with E-state index >= 15 is 0 Å². The molecule has 0 bridgehead atoms. The summed E-state index contributed by atoms with van der Waals surface area (Å²) >= 11 is 10.4. The molecule has 3 rings (SSSR count). The Bertz CT molecular complexity index is 612. The first-order chi connectivity index (χ1) is 10.1. The van der Waals surface area contributed by atoms with Crippen LogP contribution in [0, 0.1) is 0 Å². The van der Waals surface area contributed by atoms with Gasteiger partial charge in [0.15, 0.2) is 0 Å². The number of halogens is 3. The predicted octanol–water partition coefficient (Wildman–Crippen LogP) is 5.55. The van der Waals surface area contributed by atoms with Crippen molar-refractivity contribution in [2.24, 2.45) is 0 Å². The number of rotatable bonds is 3. The number of ether oxygens (including phenoxy) is 2. The van der Waals surface area contributed by atoms with E-state index in [0.717, 1.165) is 20.1 Å². The van der Waals surface area contributed by atoms with Gasteiger partial charge in [0, 0.05) is 14.5 Å². The van der Waals surface area contributed by atoms with E-state index in [1.54, 1.807) is 0 Å². The Morgan fingerprint density at radius 3 is 2.10 bits per heavy atom. The maximum absolute atomic E-state index is 6.25. The summed E-state index contributed by atoms with van der Waals surface area (Å²) < 4.78 is 14.4. The van der Waals surface area contributed by atoms with Crippen LogP contribution in [0.2, 0.25) is 0 Å². The first-order valence-electron chi connectivity index (χ1n) is 6.52. The normalized spacial score (nSPS) is 25.2. The van der Waals surface area contributed by atoms with Crippen LogP contribution in [0.4, 0.5) is 0 Å². The maximum Gasteiger partial charge on any atom is 0.205 e. The zero-order valence-corrected chi connectivity index (χ0v) is 15.8. The molecule has 2 nitrogen and oxygen atoms in total. The molecule has 0 aromatic heterocycles. The summed E-state index contributed by atoms with van der Waals surface area (Å²) in [6.45, 7) is 0.545. The Balaban J connectivity index is 1.85. The van der Waals surface area contributed by atoms with Gasteiger partial charge in [0.05, 0.1) is 11.9 Å². The Hall–Kier alpha value is -0.200. The van der Waals surface area contributed by atoms with Crippen LogP contribution in [0.15, 0.2) is 57.5 Å². The third-order valence-electron chi connectivity index (χ3n) is 3.50. The lowest BCUT2D eigenvalue weighted by atomic mass is 10.1. The number of benzene rings is 2. The average molecular weight is 477 g/mol. The molecule has 2 aromatic carbocycles. The molecule has 110 valence electrons. The molecule has 2 aromatic rings. The lowest BCUT2D eigenvalue weighted by molar-refractivity contribution is -0.157. The van der Waals surface area contributed by atoms with Gasteiger partial charge in [-0.1, -0.05) is 72.1 Å². The second-order valence-corrected chi connectivity index (χ2v) is 7.25. The second kappa shape index (κ2) is 6.50. The van der Waals surface area contributed by atoms with Crippen molar-refractivity contribution in [2.75, 3.05) is 11.9 Å². The molecule has 0 radical (unpaired) electrons. The molecule has 0 N–H and O–H groups in total. The Labute approximate surface area is 149 Å². The van der Waals surface area contributed by atoms with E-state index in [1.165, 1.54) is 0 Å². The molecule has 5 heteroatoms.